The van der Waals surface area contributed by atoms with Gasteiger partial charge in [-0.1, -0.05) is 36.4 Å². The number of hydrogen-bond donors (Lipinski definition) is 0. The van der Waals surface area contributed by atoms with Gasteiger partial charge >= 0.3 is 11.9 Å². The van der Waals surface area contributed by atoms with Crippen molar-refractivity contribution in [2.75, 3.05) is 6.61 Å². The summed E-state index contributed by atoms with van der Waals surface area (Å²) in [5.41, 5.74) is 1.69. The molecular weight excluding hydrogens is 320 g/mol. The minimum absolute atomic E-state index is 0.300. The van der Waals surface area contributed by atoms with Gasteiger partial charge in [0.05, 0.1) is 6.61 Å². The molecule has 130 valence electrons. The average Bonchev–Trinajstić information content (AvgIpc) is 2.60. The van der Waals surface area contributed by atoms with Crippen molar-refractivity contribution in [2.24, 2.45) is 0 Å². The Hall–Kier alpha value is -3.08. The Morgan fingerprint density at radius 1 is 1.04 bits per heavy atom. The van der Waals surface area contributed by atoms with Crippen molar-refractivity contribution in [3.05, 3.63) is 65.7 Å². The number of hydrogen-bond acceptors (Lipinski definition) is 5. The molecule has 0 radical (unpaired) electrons. The number of rotatable bonds is 7. The van der Waals surface area contributed by atoms with Crippen LogP contribution in [0, 0.1) is 0 Å². The number of carbonyl (C=O) groups is 2. The van der Waals surface area contributed by atoms with Gasteiger partial charge in [0, 0.05) is 13.0 Å². The van der Waals surface area contributed by atoms with E-state index in [0.717, 1.165) is 5.56 Å². The van der Waals surface area contributed by atoms with E-state index < -0.39 is 11.9 Å². The van der Waals surface area contributed by atoms with Gasteiger partial charge in [0.1, 0.15) is 6.61 Å². The molecule has 0 amide bonds. The molecule has 2 aromatic carbocycles. The van der Waals surface area contributed by atoms with Crippen LogP contribution in [0.15, 0.2) is 54.6 Å². The number of benzene rings is 2. The van der Waals surface area contributed by atoms with Gasteiger partial charge in [-0.05, 0) is 36.3 Å². The first-order valence-corrected chi connectivity index (χ1v) is 7.92. The van der Waals surface area contributed by atoms with Crippen LogP contribution in [0.1, 0.15) is 25.0 Å². The maximum atomic E-state index is 11.4. The van der Waals surface area contributed by atoms with Gasteiger partial charge in [0.2, 0.25) is 0 Å². The highest BCUT2D eigenvalue weighted by molar-refractivity contribution is 5.87. The van der Waals surface area contributed by atoms with Gasteiger partial charge in [0.25, 0.3) is 0 Å². The predicted octanol–water partition coefficient (Wildman–Crippen LogP) is 3.77. The van der Waals surface area contributed by atoms with Crippen LogP contribution in [0.3, 0.4) is 0 Å². The molecule has 0 aliphatic heterocycles. The molecule has 2 aromatic rings. The molecule has 2 rings (SSSR count). The Bertz CT molecular complexity index is 750. The maximum absolute atomic E-state index is 11.4. The second-order valence-corrected chi connectivity index (χ2v) is 5.16. The van der Waals surface area contributed by atoms with Gasteiger partial charge in [0.15, 0.2) is 11.5 Å². The summed E-state index contributed by atoms with van der Waals surface area (Å²) in [4.78, 5) is 22.7. The first-order chi connectivity index (χ1) is 12.1. The number of ether oxygens (including phenoxy) is 3. The second-order valence-electron chi connectivity index (χ2n) is 5.16. The van der Waals surface area contributed by atoms with E-state index in [4.69, 9.17) is 14.2 Å². The van der Waals surface area contributed by atoms with Crippen LogP contribution in [-0.4, -0.2) is 18.5 Å². The highest BCUT2D eigenvalue weighted by atomic mass is 16.6. The third-order valence-corrected chi connectivity index (χ3v) is 3.16. The van der Waals surface area contributed by atoms with Crippen molar-refractivity contribution in [1.82, 2.24) is 0 Å². The van der Waals surface area contributed by atoms with Crippen LogP contribution >= 0.6 is 0 Å². The fourth-order valence-corrected chi connectivity index (χ4v) is 2.07. The lowest BCUT2D eigenvalue weighted by Crippen LogP contribution is -2.04. The molecule has 0 atom stereocenters. The molecule has 0 spiro atoms. The molecule has 0 fully saturated rings. The van der Waals surface area contributed by atoms with Crippen molar-refractivity contribution < 1.29 is 23.8 Å². The smallest absolute Gasteiger partial charge is 0.330 e. The monoisotopic (exact) mass is 340 g/mol. The van der Waals surface area contributed by atoms with E-state index in [1.54, 1.807) is 31.2 Å². The minimum atomic E-state index is -0.448. The zero-order valence-electron chi connectivity index (χ0n) is 14.2. The Morgan fingerprint density at radius 2 is 1.80 bits per heavy atom. The van der Waals surface area contributed by atoms with Crippen molar-refractivity contribution in [1.29, 1.82) is 0 Å². The molecule has 25 heavy (non-hydrogen) atoms. The molecule has 0 unspecified atom stereocenters. The van der Waals surface area contributed by atoms with Crippen molar-refractivity contribution in [3.63, 3.8) is 0 Å². The lowest BCUT2D eigenvalue weighted by atomic mass is 10.2. The average molecular weight is 340 g/mol. The number of carbonyl (C=O) groups excluding carboxylic acids is 2. The second kappa shape index (κ2) is 9.27. The fraction of sp³-hybridized carbons (Fsp3) is 0.200. The Balaban J connectivity index is 2.15. The summed E-state index contributed by atoms with van der Waals surface area (Å²) < 4.78 is 15.8. The Morgan fingerprint density at radius 3 is 2.48 bits per heavy atom. The van der Waals surface area contributed by atoms with E-state index in [2.05, 4.69) is 0 Å². The van der Waals surface area contributed by atoms with Crippen LogP contribution in [0.5, 0.6) is 11.5 Å². The molecule has 0 heterocycles. The molecule has 5 heteroatoms. The molecule has 0 aliphatic carbocycles. The summed E-state index contributed by atoms with van der Waals surface area (Å²) in [7, 11) is 0. The van der Waals surface area contributed by atoms with E-state index in [-0.39, 0.29) is 0 Å². The van der Waals surface area contributed by atoms with Gasteiger partial charge in [-0.25, -0.2) is 4.79 Å². The highest BCUT2D eigenvalue weighted by Gasteiger charge is 2.09. The first-order valence-electron chi connectivity index (χ1n) is 7.92. The summed E-state index contributed by atoms with van der Waals surface area (Å²) in [6, 6.07) is 14.8. The van der Waals surface area contributed by atoms with Gasteiger partial charge in [-0.15, -0.1) is 0 Å². The third-order valence-electron chi connectivity index (χ3n) is 3.16. The van der Waals surface area contributed by atoms with Crippen LogP contribution in [0.2, 0.25) is 0 Å². The minimum Gasteiger partial charge on any atom is -0.485 e. The normalized spacial score (nSPS) is 10.5. The zero-order chi connectivity index (χ0) is 18.1. The van der Waals surface area contributed by atoms with Crippen molar-refractivity contribution >= 4 is 18.0 Å². The first kappa shape index (κ1) is 18.3. The highest BCUT2D eigenvalue weighted by Crippen LogP contribution is 2.30. The number of esters is 2. The van der Waals surface area contributed by atoms with Crippen LogP contribution in [0.4, 0.5) is 0 Å². The van der Waals surface area contributed by atoms with E-state index in [1.807, 2.05) is 30.3 Å². The summed E-state index contributed by atoms with van der Waals surface area (Å²) in [5.74, 6) is -0.126. The molecule has 5 nitrogen and oxygen atoms in total. The van der Waals surface area contributed by atoms with Gasteiger partial charge in [-0.3, -0.25) is 4.79 Å². The lowest BCUT2D eigenvalue weighted by Gasteiger charge is -2.12. The van der Waals surface area contributed by atoms with Crippen LogP contribution in [-0.2, 0) is 20.9 Å². The molecule has 0 aromatic heterocycles. The predicted molar refractivity (Wildman–Crippen MR) is 94.2 cm³/mol. The summed E-state index contributed by atoms with van der Waals surface area (Å²) >= 11 is 0. The summed E-state index contributed by atoms with van der Waals surface area (Å²) in [5, 5.41) is 0. The largest absolute Gasteiger partial charge is 0.485 e. The fourth-order valence-electron chi connectivity index (χ4n) is 2.07. The standard InChI is InChI=1S/C20H20O5/c1-3-23-20(22)12-10-16-9-11-18(19(13-16)25-15(2)21)24-14-17-7-5-4-6-8-17/h4-13H,3,14H2,1-2H3. The topological polar surface area (TPSA) is 61.8 Å². The third kappa shape index (κ3) is 6.14. The lowest BCUT2D eigenvalue weighted by molar-refractivity contribution is -0.137. The summed E-state index contributed by atoms with van der Waals surface area (Å²) in [6.07, 6.45) is 2.91. The molecular formula is C20H20O5. The van der Waals surface area contributed by atoms with E-state index >= 15 is 0 Å². The van der Waals surface area contributed by atoms with E-state index in [9.17, 15) is 9.59 Å². The molecule has 0 bridgehead atoms. The molecule has 0 aliphatic rings. The van der Waals surface area contributed by atoms with Crippen LogP contribution in [0.25, 0.3) is 6.08 Å². The van der Waals surface area contributed by atoms with Crippen molar-refractivity contribution in [2.45, 2.75) is 20.5 Å². The van der Waals surface area contributed by atoms with Crippen LogP contribution < -0.4 is 9.47 Å². The van der Waals surface area contributed by atoms with E-state index in [0.29, 0.717) is 30.3 Å². The molecule has 0 saturated carbocycles. The summed E-state index contributed by atoms with van der Waals surface area (Å²) in [6.45, 7) is 3.73. The Kier molecular flexibility index (Phi) is 6.77. The van der Waals surface area contributed by atoms with Gasteiger partial charge < -0.3 is 14.2 Å². The van der Waals surface area contributed by atoms with Crippen molar-refractivity contribution in [3.8, 4) is 11.5 Å². The Labute approximate surface area is 146 Å². The zero-order valence-corrected chi connectivity index (χ0v) is 14.2. The molecule has 0 N–H and O–H groups in total. The quantitative estimate of drug-likeness (QED) is 0.436. The van der Waals surface area contributed by atoms with E-state index in [1.165, 1.54) is 13.0 Å². The molecule has 0 saturated heterocycles. The SMILES string of the molecule is CCOC(=O)C=Cc1ccc(OCc2ccccc2)c(OC(C)=O)c1. The maximum Gasteiger partial charge on any atom is 0.330 e. The van der Waals surface area contributed by atoms with Gasteiger partial charge in [-0.2, -0.15) is 0 Å².